The van der Waals surface area contributed by atoms with Gasteiger partial charge < -0.3 is 16.2 Å². The summed E-state index contributed by atoms with van der Waals surface area (Å²) in [4.78, 5) is 19.4. The van der Waals surface area contributed by atoms with Crippen molar-refractivity contribution in [3.05, 3.63) is 71.6 Å². The van der Waals surface area contributed by atoms with E-state index in [1.165, 1.54) is 0 Å². The van der Waals surface area contributed by atoms with Crippen LogP contribution >= 0.6 is 0 Å². The number of guanidine groups is 1. The van der Waals surface area contributed by atoms with E-state index in [0.29, 0.717) is 22.6 Å². The van der Waals surface area contributed by atoms with Crippen LogP contribution in [0.15, 0.2) is 59.6 Å². The van der Waals surface area contributed by atoms with Crippen molar-refractivity contribution in [3.8, 4) is 16.9 Å². The maximum absolute atomic E-state index is 12.2. The molecule has 6 nitrogen and oxygen atoms in total. The molecule has 6 heteroatoms. The van der Waals surface area contributed by atoms with Gasteiger partial charge in [0.2, 0.25) is 0 Å². The Hall–Kier alpha value is -3.85. The van der Waals surface area contributed by atoms with Gasteiger partial charge in [-0.2, -0.15) is 4.99 Å². The predicted octanol–water partition coefficient (Wildman–Crippen LogP) is 3.48. The average Bonchev–Trinajstić information content (AvgIpc) is 2.65. The van der Waals surface area contributed by atoms with E-state index >= 15 is 0 Å². The summed E-state index contributed by atoms with van der Waals surface area (Å²) in [6, 6.07) is 16.2. The molecule has 1 amide bonds. The Bertz CT molecular complexity index is 1080. The number of carbonyl (C=O) groups is 1. The summed E-state index contributed by atoms with van der Waals surface area (Å²) < 4.78 is 5.46. The molecule has 3 aromatic carbocycles. The van der Waals surface area contributed by atoms with Gasteiger partial charge in [-0.15, -0.1) is 0 Å². The molecule has 3 rings (SSSR count). The molecule has 4 N–H and O–H groups in total. The van der Waals surface area contributed by atoms with Crippen molar-refractivity contribution in [2.75, 3.05) is 7.11 Å². The molecule has 0 fully saturated rings. The molecule has 0 heterocycles. The third kappa shape index (κ3) is 3.06. The third-order valence-electron chi connectivity index (χ3n) is 3.97. The number of ether oxygens (including phenoxy) is 1. The quantitative estimate of drug-likeness (QED) is 0.432. The number of amides is 1. The molecule has 0 bridgehead atoms. The zero-order chi connectivity index (χ0) is 18.7. The number of nitrogens with two attached hydrogens (primary N) is 2. The van der Waals surface area contributed by atoms with Crippen LogP contribution in [0.2, 0.25) is 0 Å². The van der Waals surface area contributed by atoms with Crippen LogP contribution in [-0.4, -0.2) is 19.0 Å². The van der Waals surface area contributed by atoms with Crippen LogP contribution in [0.3, 0.4) is 0 Å². The van der Waals surface area contributed by atoms with Crippen molar-refractivity contribution in [1.82, 2.24) is 0 Å². The highest BCUT2D eigenvalue weighted by Crippen LogP contribution is 2.41. The number of methoxy groups -OCH3 is 1. The lowest BCUT2D eigenvalue weighted by molar-refractivity contribution is 0.100. The topological polar surface area (TPSA) is 95.1 Å². The van der Waals surface area contributed by atoms with Crippen LogP contribution in [0.25, 0.3) is 26.7 Å². The van der Waals surface area contributed by atoms with Crippen LogP contribution in [0.5, 0.6) is 5.75 Å². The SMILES string of the molecule is [C-]#[N+]c1cccc(OC)c1-c1cccc2ccc(C(=O)N=C(N)N)cc12. The fourth-order valence-corrected chi connectivity index (χ4v) is 2.86. The molecule has 0 aliphatic carbocycles. The molecular formula is C20H16N4O2. The fraction of sp³-hybridized carbons (Fsp3) is 0.0500. The Morgan fingerprint density at radius 1 is 1.12 bits per heavy atom. The predicted molar refractivity (Wildman–Crippen MR) is 102 cm³/mol. The molecular weight excluding hydrogens is 328 g/mol. The summed E-state index contributed by atoms with van der Waals surface area (Å²) in [5, 5.41) is 1.73. The van der Waals surface area contributed by atoms with Gasteiger partial charge in [-0.1, -0.05) is 36.4 Å². The highest BCUT2D eigenvalue weighted by molar-refractivity contribution is 6.07. The van der Waals surface area contributed by atoms with Crippen molar-refractivity contribution >= 4 is 28.3 Å². The second-order valence-corrected chi connectivity index (χ2v) is 5.55. The first-order valence-electron chi connectivity index (χ1n) is 7.76. The monoisotopic (exact) mass is 344 g/mol. The van der Waals surface area contributed by atoms with Crippen LogP contribution < -0.4 is 16.2 Å². The molecule has 0 saturated heterocycles. The average molecular weight is 344 g/mol. The van der Waals surface area contributed by atoms with Gasteiger partial charge in [0.25, 0.3) is 5.91 Å². The van der Waals surface area contributed by atoms with Gasteiger partial charge >= 0.3 is 0 Å². The molecule has 3 aromatic rings. The van der Waals surface area contributed by atoms with Crippen molar-refractivity contribution in [2.24, 2.45) is 16.5 Å². The number of benzene rings is 3. The number of hydrogen-bond donors (Lipinski definition) is 2. The molecule has 0 radical (unpaired) electrons. The van der Waals surface area contributed by atoms with Crippen molar-refractivity contribution < 1.29 is 9.53 Å². The van der Waals surface area contributed by atoms with Crippen LogP contribution in [0, 0.1) is 6.57 Å². The maximum atomic E-state index is 12.2. The van der Waals surface area contributed by atoms with Gasteiger partial charge in [0.1, 0.15) is 5.75 Å². The summed E-state index contributed by atoms with van der Waals surface area (Å²) in [6.45, 7) is 7.47. The van der Waals surface area contributed by atoms with Crippen molar-refractivity contribution in [2.45, 2.75) is 0 Å². The largest absolute Gasteiger partial charge is 0.497 e. The first-order valence-corrected chi connectivity index (χ1v) is 7.76. The van der Waals surface area contributed by atoms with E-state index < -0.39 is 5.91 Å². The summed E-state index contributed by atoms with van der Waals surface area (Å²) in [6.07, 6.45) is 0. The molecule has 0 unspecified atom stereocenters. The second-order valence-electron chi connectivity index (χ2n) is 5.55. The van der Waals surface area contributed by atoms with Gasteiger partial charge in [-0.3, -0.25) is 4.79 Å². The molecule has 0 aliphatic heterocycles. The molecule has 26 heavy (non-hydrogen) atoms. The zero-order valence-corrected chi connectivity index (χ0v) is 14.1. The minimum absolute atomic E-state index is 0.289. The number of fused-ring (bicyclic) bond motifs is 1. The fourth-order valence-electron chi connectivity index (χ4n) is 2.86. The lowest BCUT2D eigenvalue weighted by atomic mass is 9.95. The molecule has 0 spiro atoms. The van der Waals surface area contributed by atoms with Crippen molar-refractivity contribution in [1.29, 1.82) is 0 Å². The minimum atomic E-state index is -0.521. The van der Waals surface area contributed by atoms with E-state index in [1.54, 1.807) is 37.4 Å². The van der Waals surface area contributed by atoms with Crippen LogP contribution in [0.1, 0.15) is 10.4 Å². The van der Waals surface area contributed by atoms with E-state index in [0.717, 1.165) is 16.3 Å². The van der Waals surface area contributed by atoms with E-state index in [9.17, 15) is 4.79 Å². The smallest absolute Gasteiger partial charge is 0.280 e. The van der Waals surface area contributed by atoms with E-state index in [-0.39, 0.29) is 5.96 Å². The van der Waals surface area contributed by atoms with Gasteiger partial charge in [-0.25, -0.2) is 4.85 Å². The lowest BCUT2D eigenvalue weighted by Gasteiger charge is -2.13. The van der Waals surface area contributed by atoms with Gasteiger partial charge in [0.15, 0.2) is 11.6 Å². The number of aliphatic imine (C=N–C) groups is 1. The normalized spacial score (nSPS) is 10.2. The van der Waals surface area contributed by atoms with Crippen LogP contribution in [0.4, 0.5) is 5.69 Å². The Labute approximate surface area is 150 Å². The maximum Gasteiger partial charge on any atom is 0.280 e. The molecule has 0 aliphatic rings. The standard InChI is InChI=1S/C20H16N4O2/c1-23-16-7-4-8-17(26-2)18(16)14-6-3-5-12-9-10-13(11-15(12)14)19(25)24-20(21)22/h3-11H,2H3,(H4,21,22,24,25). The number of rotatable bonds is 3. The van der Waals surface area contributed by atoms with Gasteiger partial charge in [0, 0.05) is 11.1 Å². The molecule has 0 atom stereocenters. The number of carbonyl (C=O) groups excluding carboxylic acids is 1. The minimum Gasteiger partial charge on any atom is -0.497 e. The van der Waals surface area contributed by atoms with E-state index in [4.69, 9.17) is 22.8 Å². The Morgan fingerprint density at radius 2 is 1.88 bits per heavy atom. The van der Waals surface area contributed by atoms with Crippen molar-refractivity contribution in [3.63, 3.8) is 0 Å². The first-order chi connectivity index (χ1) is 12.5. The van der Waals surface area contributed by atoms with E-state index in [2.05, 4.69) is 9.84 Å². The summed E-state index contributed by atoms with van der Waals surface area (Å²) in [5.41, 5.74) is 12.9. The number of hydrogen-bond acceptors (Lipinski definition) is 2. The summed E-state index contributed by atoms with van der Waals surface area (Å²) in [7, 11) is 1.56. The Balaban J connectivity index is 2.30. The van der Waals surface area contributed by atoms with Crippen LogP contribution in [-0.2, 0) is 0 Å². The number of nitrogens with zero attached hydrogens (tertiary/aromatic N) is 2. The molecule has 0 saturated carbocycles. The summed E-state index contributed by atoms with van der Waals surface area (Å²) in [5.74, 6) is -0.220. The molecule has 128 valence electrons. The third-order valence-corrected chi connectivity index (χ3v) is 3.97. The second kappa shape index (κ2) is 6.95. The lowest BCUT2D eigenvalue weighted by Crippen LogP contribution is -2.24. The highest BCUT2D eigenvalue weighted by Gasteiger charge is 2.15. The first kappa shape index (κ1) is 17.0. The Morgan fingerprint density at radius 3 is 2.58 bits per heavy atom. The zero-order valence-electron chi connectivity index (χ0n) is 14.1. The van der Waals surface area contributed by atoms with E-state index in [1.807, 2.05) is 24.3 Å². The van der Waals surface area contributed by atoms with Gasteiger partial charge in [-0.05, 0) is 34.5 Å². The Kier molecular flexibility index (Phi) is 4.54. The summed E-state index contributed by atoms with van der Waals surface area (Å²) >= 11 is 0. The highest BCUT2D eigenvalue weighted by atomic mass is 16.5. The molecule has 0 aromatic heterocycles. The van der Waals surface area contributed by atoms with Gasteiger partial charge in [0.05, 0.1) is 13.7 Å².